The van der Waals surface area contributed by atoms with Crippen molar-refractivity contribution >= 4 is 30.2 Å². The number of ether oxygens (including phenoxy) is 4. The molecule has 14 heteroatoms. The van der Waals surface area contributed by atoms with E-state index in [2.05, 4.69) is 18.4 Å². The van der Waals surface area contributed by atoms with Crippen molar-refractivity contribution in [1.82, 2.24) is 0 Å². The van der Waals surface area contributed by atoms with Crippen LogP contribution in [0.25, 0.3) is 18.2 Å². The summed E-state index contributed by atoms with van der Waals surface area (Å²) in [6, 6.07) is 14.5. The zero-order valence-electron chi connectivity index (χ0n) is 24.9. The lowest BCUT2D eigenvalue weighted by atomic mass is 9.99. The molecule has 2 atom stereocenters. The fourth-order valence-electron chi connectivity index (χ4n) is 4.57. The molecule has 0 saturated heterocycles. The standard InChI is InChI=1S/C20H13F3O4.C14H11F3O4/c1-26-16-11-17-14(9-13(16)8-7-12-5-3-2-4-6-12)10-15(19(24)25)18(27-17)20(21,22)23;1-3-7-4-8-5-9(13(18)19)12(14(15,16)17)21-11(8)6-10(7)20-2/h2-6,9-11,18H,1H3,(H,24,25);3-6,12H,1H2,2H3,(H,18,19). The van der Waals surface area contributed by atoms with E-state index in [0.717, 1.165) is 17.7 Å². The number of carboxylic acids is 2. The Morgan fingerprint density at radius 3 is 1.69 bits per heavy atom. The monoisotopic (exact) mass is 674 g/mol. The molecule has 2 aliphatic heterocycles. The van der Waals surface area contributed by atoms with Crippen molar-refractivity contribution in [1.29, 1.82) is 0 Å². The number of aliphatic carboxylic acids is 2. The molecule has 5 rings (SSSR count). The first kappa shape index (κ1) is 35.0. The first-order valence-electron chi connectivity index (χ1n) is 13.6. The molecule has 2 heterocycles. The number of hydrogen-bond donors (Lipinski definition) is 2. The Balaban J connectivity index is 0.000000224. The van der Waals surface area contributed by atoms with Crippen molar-refractivity contribution in [2.45, 2.75) is 24.6 Å². The normalized spacial score (nSPS) is 16.3. The molecule has 0 radical (unpaired) electrons. The number of fused-ring (bicyclic) bond motifs is 2. The minimum atomic E-state index is -4.86. The predicted octanol–water partition coefficient (Wildman–Crippen LogP) is 7.02. The van der Waals surface area contributed by atoms with Crippen LogP contribution in [0, 0.1) is 11.8 Å². The van der Waals surface area contributed by atoms with E-state index >= 15 is 0 Å². The summed E-state index contributed by atoms with van der Waals surface area (Å²) in [7, 11) is 2.72. The van der Waals surface area contributed by atoms with Crippen LogP contribution in [0.1, 0.15) is 27.8 Å². The number of alkyl halides is 6. The van der Waals surface area contributed by atoms with Crippen molar-refractivity contribution in [3.8, 4) is 34.8 Å². The Morgan fingerprint density at radius 1 is 0.771 bits per heavy atom. The summed E-state index contributed by atoms with van der Waals surface area (Å²) in [6.07, 6.45) is -11.4. The fourth-order valence-corrected chi connectivity index (χ4v) is 4.57. The third kappa shape index (κ3) is 7.75. The maximum absolute atomic E-state index is 13.1. The molecule has 8 nitrogen and oxygen atoms in total. The van der Waals surface area contributed by atoms with Gasteiger partial charge in [-0.1, -0.05) is 42.7 Å². The average Bonchev–Trinajstić information content (AvgIpc) is 3.04. The van der Waals surface area contributed by atoms with E-state index in [1.54, 1.807) is 12.1 Å². The second kappa shape index (κ2) is 13.9. The van der Waals surface area contributed by atoms with Gasteiger partial charge in [0, 0.05) is 34.4 Å². The third-order valence-corrected chi connectivity index (χ3v) is 6.79. The van der Waals surface area contributed by atoms with Gasteiger partial charge in [0.2, 0.25) is 12.2 Å². The molecule has 0 amide bonds. The van der Waals surface area contributed by atoms with Crippen LogP contribution in [0.4, 0.5) is 26.3 Å². The zero-order chi connectivity index (χ0) is 35.4. The number of halogens is 6. The molecular weight excluding hydrogens is 650 g/mol. The summed E-state index contributed by atoms with van der Waals surface area (Å²) in [5, 5.41) is 18.1. The summed E-state index contributed by atoms with van der Waals surface area (Å²) in [5.41, 5.74) is 0.320. The summed E-state index contributed by atoms with van der Waals surface area (Å²) in [5.74, 6) is 2.73. The SMILES string of the molecule is C=Cc1cc2c(cc1OC)OC(C(F)(F)F)C(C(=O)O)=C2.COc1cc2c(cc1C#Cc1ccccc1)C=C(C(=O)O)C(C(F)(F)F)O2. The van der Waals surface area contributed by atoms with E-state index in [-0.39, 0.29) is 34.1 Å². The molecule has 2 aliphatic rings. The highest BCUT2D eigenvalue weighted by Crippen LogP contribution is 2.41. The van der Waals surface area contributed by atoms with E-state index in [0.29, 0.717) is 11.1 Å². The van der Waals surface area contributed by atoms with E-state index in [9.17, 15) is 35.9 Å². The van der Waals surface area contributed by atoms with Crippen molar-refractivity contribution in [2.75, 3.05) is 14.2 Å². The highest BCUT2D eigenvalue weighted by Gasteiger charge is 2.49. The minimum Gasteiger partial charge on any atom is -0.496 e. The van der Waals surface area contributed by atoms with Crippen LogP contribution in [0.3, 0.4) is 0 Å². The number of benzene rings is 3. The molecule has 0 bridgehead atoms. The minimum absolute atomic E-state index is 0.0928. The van der Waals surface area contributed by atoms with Gasteiger partial charge < -0.3 is 29.2 Å². The molecule has 0 spiro atoms. The number of rotatable bonds is 5. The topological polar surface area (TPSA) is 112 Å². The molecule has 3 aromatic rings. The third-order valence-electron chi connectivity index (χ3n) is 6.79. The lowest BCUT2D eigenvalue weighted by Crippen LogP contribution is -2.40. The molecular formula is C34H24F6O8. The smallest absolute Gasteiger partial charge is 0.430 e. The van der Waals surface area contributed by atoms with Crippen molar-refractivity contribution in [2.24, 2.45) is 0 Å². The van der Waals surface area contributed by atoms with Gasteiger partial charge in [-0.15, -0.1) is 0 Å². The highest BCUT2D eigenvalue weighted by molar-refractivity contribution is 5.96. The molecule has 0 saturated carbocycles. The van der Waals surface area contributed by atoms with Crippen LogP contribution >= 0.6 is 0 Å². The van der Waals surface area contributed by atoms with Gasteiger partial charge >= 0.3 is 24.3 Å². The Morgan fingerprint density at radius 2 is 1.25 bits per heavy atom. The van der Waals surface area contributed by atoms with E-state index in [4.69, 9.17) is 29.2 Å². The van der Waals surface area contributed by atoms with Gasteiger partial charge in [-0.2, -0.15) is 26.3 Å². The van der Waals surface area contributed by atoms with Gasteiger partial charge in [0.05, 0.1) is 30.9 Å². The summed E-state index contributed by atoms with van der Waals surface area (Å²) < 4.78 is 98.1. The largest absolute Gasteiger partial charge is 0.496 e. The van der Waals surface area contributed by atoms with Crippen LogP contribution in [0.2, 0.25) is 0 Å². The van der Waals surface area contributed by atoms with Crippen LogP contribution in [-0.4, -0.2) is 60.9 Å². The Labute approximate surface area is 269 Å². The summed E-state index contributed by atoms with van der Waals surface area (Å²) in [6.45, 7) is 3.56. The zero-order valence-corrected chi connectivity index (χ0v) is 24.9. The molecule has 3 aromatic carbocycles. The molecule has 0 aliphatic carbocycles. The second-order valence-corrected chi connectivity index (χ2v) is 9.93. The maximum atomic E-state index is 13.1. The molecule has 0 fully saturated rings. The predicted molar refractivity (Wildman–Crippen MR) is 161 cm³/mol. The number of hydrogen-bond acceptors (Lipinski definition) is 6. The van der Waals surface area contributed by atoms with Gasteiger partial charge in [-0.3, -0.25) is 0 Å². The van der Waals surface area contributed by atoms with Gasteiger partial charge in [0.25, 0.3) is 0 Å². The number of methoxy groups -OCH3 is 2. The van der Waals surface area contributed by atoms with Gasteiger partial charge in [0.15, 0.2) is 0 Å². The Kier molecular flexibility index (Phi) is 10.1. The Hall–Kier alpha value is -5.84. The quantitative estimate of drug-likeness (QED) is 0.220. The van der Waals surface area contributed by atoms with Crippen LogP contribution in [0.5, 0.6) is 23.0 Å². The lowest BCUT2D eigenvalue weighted by Gasteiger charge is -2.27. The number of carbonyl (C=O) groups is 2. The maximum Gasteiger partial charge on any atom is 0.430 e. The van der Waals surface area contributed by atoms with Crippen molar-refractivity contribution in [3.63, 3.8) is 0 Å². The van der Waals surface area contributed by atoms with Gasteiger partial charge in [-0.25, -0.2) is 9.59 Å². The van der Waals surface area contributed by atoms with Crippen LogP contribution in [0.15, 0.2) is 72.3 Å². The van der Waals surface area contributed by atoms with Gasteiger partial charge in [-0.05, 0) is 36.4 Å². The summed E-state index contributed by atoms with van der Waals surface area (Å²) >= 11 is 0. The molecule has 0 aromatic heterocycles. The van der Waals surface area contributed by atoms with Crippen LogP contribution < -0.4 is 18.9 Å². The van der Waals surface area contributed by atoms with Crippen molar-refractivity contribution in [3.05, 3.63) is 100 Å². The molecule has 2 unspecified atom stereocenters. The highest BCUT2D eigenvalue weighted by atomic mass is 19.4. The first-order chi connectivity index (χ1) is 22.6. The number of carboxylic acid groups (broad SMARTS) is 2. The summed E-state index contributed by atoms with van der Waals surface area (Å²) in [4.78, 5) is 22.2. The molecule has 250 valence electrons. The van der Waals surface area contributed by atoms with E-state index in [1.165, 1.54) is 44.6 Å². The fraction of sp³-hybridized carbons (Fsp3) is 0.176. The van der Waals surface area contributed by atoms with E-state index in [1.807, 2.05) is 18.2 Å². The second-order valence-electron chi connectivity index (χ2n) is 9.93. The average molecular weight is 675 g/mol. The van der Waals surface area contributed by atoms with E-state index < -0.39 is 47.6 Å². The van der Waals surface area contributed by atoms with Crippen LogP contribution in [-0.2, 0) is 9.59 Å². The molecule has 2 N–H and O–H groups in total. The molecule has 48 heavy (non-hydrogen) atoms. The van der Waals surface area contributed by atoms with Gasteiger partial charge in [0.1, 0.15) is 23.0 Å². The first-order valence-corrected chi connectivity index (χ1v) is 13.6. The lowest BCUT2D eigenvalue weighted by molar-refractivity contribution is -0.187. The van der Waals surface area contributed by atoms with Crippen molar-refractivity contribution < 1.29 is 65.1 Å². The Bertz CT molecular complexity index is 1860.